The van der Waals surface area contributed by atoms with E-state index in [2.05, 4.69) is 13.8 Å². The number of hydrogen-bond acceptors (Lipinski definition) is 2. The summed E-state index contributed by atoms with van der Waals surface area (Å²) in [5, 5.41) is 10.0. The lowest BCUT2D eigenvalue weighted by Gasteiger charge is -2.60. The van der Waals surface area contributed by atoms with Crippen LogP contribution >= 0.6 is 0 Å². The number of rotatable bonds is 0. The van der Waals surface area contributed by atoms with Gasteiger partial charge in [0.2, 0.25) is 0 Å². The van der Waals surface area contributed by atoms with Crippen molar-refractivity contribution >= 4 is 5.78 Å². The van der Waals surface area contributed by atoms with Gasteiger partial charge in [-0.1, -0.05) is 13.8 Å². The van der Waals surface area contributed by atoms with E-state index in [0.717, 1.165) is 43.4 Å². The first-order valence-corrected chi connectivity index (χ1v) is 9.12. The van der Waals surface area contributed by atoms with Gasteiger partial charge in [0, 0.05) is 12.8 Å². The van der Waals surface area contributed by atoms with Gasteiger partial charge in [0.25, 0.3) is 0 Å². The van der Waals surface area contributed by atoms with E-state index in [-0.39, 0.29) is 6.10 Å². The molecule has 0 bridgehead atoms. The van der Waals surface area contributed by atoms with Crippen molar-refractivity contribution < 1.29 is 9.90 Å². The maximum atomic E-state index is 12.1. The van der Waals surface area contributed by atoms with Crippen molar-refractivity contribution in [1.82, 2.24) is 0 Å². The van der Waals surface area contributed by atoms with Gasteiger partial charge in [-0.2, -0.15) is 0 Å². The minimum Gasteiger partial charge on any atom is -0.393 e. The van der Waals surface area contributed by atoms with Gasteiger partial charge in [-0.05, 0) is 79.4 Å². The van der Waals surface area contributed by atoms with Crippen LogP contribution in [0.4, 0.5) is 0 Å². The molecule has 5 unspecified atom stereocenters. The molecule has 4 fully saturated rings. The zero-order valence-corrected chi connectivity index (χ0v) is 13.6. The normalized spacial score (nSPS) is 56.5. The van der Waals surface area contributed by atoms with E-state index in [1.54, 1.807) is 0 Å². The molecule has 0 radical (unpaired) electrons. The van der Waals surface area contributed by atoms with E-state index >= 15 is 0 Å². The molecule has 2 nitrogen and oxygen atoms in total. The van der Waals surface area contributed by atoms with Crippen molar-refractivity contribution in [2.45, 2.75) is 77.7 Å². The van der Waals surface area contributed by atoms with E-state index in [9.17, 15) is 9.90 Å². The van der Waals surface area contributed by atoms with Crippen LogP contribution < -0.4 is 0 Å². The van der Waals surface area contributed by atoms with E-state index in [4.69, 9.17) is 0 Å². The van der Waals surface area contributed by atoms with Gasteiger partial charge in [0.15, 0.2) is 0 Å². The minimum atomic E-state index is -0.0541. The average Bonchev–Trinajstić information content (AvgIpc) is 2.74. The van der Waals surface area contributed by atoms with Crippen LogP contribution in [0.15, 0.2) is 0 Å². The highest BCUT2D eigenvalue weighted by Gasteiger charge is 2.59. The van der Waals surface area contributed by atoms with Crippen molar-refractivity contribution in [3.63, 3.8) is 0 Å². The first-order chi connectivity index (χ1) is 9.92. The largest absolute Gasteiger partial charge is 0.393 e. The number of fused-ring (bicyclic) bond motifs is 5. The molecule has 7 atom stereocenters. The number of Topliss-reactive ketones (excluding diaryl/α,β-unsaturated/α-hetero) is 1. The number of ketones is 1. The molecule has 4 aliphatic rings. The second-order valence-corrected chi connectivity index (χ2v) is 9.20. The Morgan fingerprint density at radius 3 is 2.67 bits per heavy atom. The van der Waals surface area contributed by atoms with Crippen LogP contribution in [0.2, 0.25) is 0 Å². The van der Waals surface area contributed by atoms with Crippen molar-refractivity contribution in [3.05, 3.63) is 0 Å². The van der Waals surface area contributed by atoms with E-state index in [1.165, 1.54) is 32.1 Å². The number of aliphatic hydroxyl groups excluding tert-OH is 1. The fourth-order valence-electron chi connectivity index (χ4n) is 7.01. The summed E-state index contributed by atoms with van der Waals surface area (Å²) >= 11 is 0. The summed E-state index contributed by atoms with van der Waals surface area (Å²) in [5.74, 6) is 3.51. The molecule has 2 heteroatoms. The highest BCUT2D eigenvalue weighted by Crippen LogP contribution is 2.65. The van der Waals surface area contributed by atoms with Crippen molar-refractivity contribution in [2.75, 3.05) is 0 Å². The molecule has 0 aromatic carbocycles. The molecule has 0 aliphatic heterocycles. The molecule has 118 valence electrons. The first kappa shape index (κ1) is 14.2. The Morgan fingerprint density at radius 1 is 1.05 bits per heavy atom. The molecule has 0 spiro atoms. The molecule has 21 heavy (non-hydrogen) atoms. The van der Waals surface area contributed by atoms with E-state index in [0.29, 0.717) is 22.5 Å². The lowest BCUT2D eigenvalue weighted by molar-refractivity contribution is -0.121. The maximum absolute atomic E-state index is 12.1. The Labute approximate surface area is 128 Å². The number of hydrogen-bond donors (Lipinski definition) is 1. The number of aliphatic hydroxyl groups is 1. The summed E-state index contributed by atoms with van der Waals surface area (Å²) in [7, 11) is 0. The van der Waals surface area contributed by atoms with Crippen LogP contribution in [0, 0.1) is 34.5 Å². The summed E-state index contributed by atoms with van der Waals surface area (Å²) in [6, 6.07) is 0. The summed E-state index contributed by atoms with van der Waals surface area (Å²) in [6.45, 7) is 4.90. The average molecular weight is 290 g/mol. The molecule has 0 amide bonds. The van der Waals surface area contributed by atoms with Crippen LogP contribution in [0.5, 0.6) is 0 Å². The van der Waals surface area contributed by atoms with Gasteiger partial charge in [-0.3, -0.25) is 4.79 Å². The molecule has 0 heterocycles. The Morgan fingerprint density at radius 2 is 1.86 bits per heavy atom. The van der Waals surface area contributed by atoms with Gasteiger partial charge in [-0.25, -0.2) is 0 Å². The summed E-state index contributed by atoms with van der Waals surface area (Å²) in [4.78, 5) is 12.1. The van der Waals surface area contributed by atoms with Crippen LogP contribution in [0.1, 0.15) is 71.6 Å². The standard InChI is InChI=1S/C19H30O2/c1-18-7-6-16-15(17(18)10-14(21)11-18)4-3-12-9-13(20)5-8-19(12,16)2/h12-13,15-17,20H,3-11H2,1-2H3/t12?,13?,15?,16?,17?,18-,19+/m1/s1. The molecule has 0 saturated heterocycles. The molecule has 0 aromatic heterocycles. The quantitative estimate of drug-likeness (QED) is 0.733. The van der Waals surface area contributed by atoms with Crippen LogP contribution in [-0.4, -0.2) is 17.0 Å². The zero-order chi connectivity index (χ0) is 14.8. The minimum absolute atomic E-state index is 0.0541. The molecule has 4 aliphatic carbocycles. The Kier molecular flexibility index (Phi) is 3.10. The summed E-state index contributed by atoms with van der Waals surface area (Å²) in [5.41, 5.74) is 0.755. The smallest absolute Gasteiger partial charge is 0.133 e. The monoisotopic (exact) mass is 290 g/mol. The van der Waals surface area contributed by atoms with Gasteiger partial charge in [0.05, 0.1) is 6.10 Å². The van der Waals surface area contributed by atoms with Crippen molar-refractivity contribution in [1.29, 1.82) is 0 Å². The Hall–Kier alpha value is -0.370. The summed E-state index contributed by atoms with van der Waals surface area (Å²) < 4.78 is 0. The van der Waals surface area contributed by atoms with E-state index in [1.807, 2.05) is 0 Å². The van der Waals surface area contributed by atoms with E-state index < -0.39 is 0 Å². The van der Waals surface area contributed by atoms with Crippen LogP contribution in [0.25, 0.3) is 0 Å². The predicted molar refractivity (Wildman–Crippen MR) is 82.7 cm³/mol. The van der Waals surface area contributed by atoms with Gasteiger partial charge in [0.1, 0.15) is 5.78 Å². The van der Waals surface area contributed by atoms with Gasteiger partial charge >= 0.3 is 0 Å². The number of carbonyl (C=O) groups is 1. The zero-order valence-electron chi connectivity index (χ0n) is 13.6. The maximum Gasteiger partial charge on any atom is 0.133 e. The number of carbonyl (C=O) groups excluding carboxylic acids is 1. The lowest BCUT2D eigenvalue weighted by Crippen LogP contribution is -2.53. The lowest BCUT2D eigenvalue weighted by atomic mass is 9.45. The fraction of sp³-hybridized carbons (Fsp3) is 0.947. The second kappa shape index (κ2) is 4.57. The van der Waals surface area contributed by atoms with Gasteiger partial charge < -0.3 is 5.11 Å². The first-order valence-electron chi connectivity index (χ1n) is 9.12. The van der Waals surface area contributed by atoms with Crippen LogP contribution in [0.3, 0.4) is 0 Å². The van der Waals surface area contributed by atoms with Crippen molar-refractivity contribution in [2.24, 2.45) is 34.5 Å². The van der Waals surface area contributed by atoms with Crippen molar-refractivity contribution in [3.8, 4) is 0 Å². The third-order valence-electron chi connectivity index (χ3n) is 8.20. The molecule has 0 aromatic rings. The SMILES string of the molecule is C[C@]12CCC3C(CCC4CC(O)CC[C@@]43C)C1CC(=O)C2. The van der Waals surface area contributed by atoms with Gasteiger partial charge in [-0.15, -0.1) is 0 Å². The predicted octanol–water partition coefficient (Wildman–Crippen LogP) is 3.96. The highest BCUT2D eigenvalue weighted by atomic mass is 16.3. The highest BCUT2D eigenvalue weighted by molar-refractivity contribution is 5.82. The Bertz CT molecular complexity index is 458. The topological polar surface area (TPSA) is 37.3 Å². The molecule has 4 saturated carbocycles. The third kappa shape index (κ3) is 1.97. The second-order valence-electron chi connectivity index (χ2n) is 9.20. The fourth-order valence-corrected chi connectivity index (χ4v) is 7.01. The molecular formula is C19H30O2. The molecule has 4 rings (SSSR count). The Balaban J connectivity index is 1.63. The molecular weight excluding hydrogens is 260 g/mol. The van der Waals surface area contributed by atoms with Crippen LogP contribution in [-0.2, 0) is 4.79 Å². The third-order valence-corrected chi connectivity index (χ3v) is 8.20. The summed E-state index contributed by atoms with van der Waals surface area (Å²) in [6.07, 6.45) is 10.1. The molecule has 1 N–H and O–H groups in total.